The molecule has 17 heavy (non-hydrogen) atoms. The van der Waals surface area contributed by atoms with Crippen LogP contribution in [0.15, 0.2) is 0 Å². The number of nitrogens with two attached hydrogens (primary N) is 1. The number of carbonyl (C=O) groups is 1. The number of nitrogens with zero attached hydrogens (tertiary/aromatic N) is 1. The summed E-state index contributed by atoms with van der Waals surface area (Å²) in [6.07, 6.45) is -0.548. The molecular weight excluding hydrogens is 224 g/mol. The first-order chi connectivity index (χ1) is 8.18. The van der Waals surface area contributed by atoms with Crippen LogP contribution in [0, 0.1) is 0 Å². The maximum absolute atomic E-state index is 12.1. The van der Waals surface area contributed by atoms with Crippen molar-refractivity contribution in [2.45, 2.75) is 25.2 Å². The monoisotopic (exact) mass is 244 g/mol. The molecule has 98 valence electrons. The van der Waals surface area contributed by atoms with E-state index in [0.29, 0.717) is 39.5 Å². The van der Waals surface area contributed by atoms with E-state index in [1.165, 1.54) is 0 Å². The second-order valence-corrected chi connectivity index (χ2v) is 4.49. The Morgan fingerprint density at radius 2 is 2.18 bits per heavy atom. The lowest BCUT2D eigenvalue weighted by Crippen LogP contribution is -2.55. The van der Waals surface area contributed by atoms with Gasteiger partial charge in [0.25, 0.3) is 5.91 Å². The number of hydrogen-bond donors (Lipinski definition) is 1. The third kappa shape index (κ3) is 3.16. The quantitative estimate of drug-likeness (QED) is 0.673. The summed E-state index contributed by atoms with van der Waals surface area (Å²) in [7, 11) is 0. The molecule has 6 nitrogen and oxygen atoms in total. The molecule has 2 aliphatic heterocycles. The van der Waals surface area contributed by atoms with Crippen LogP contribution in [0.2, 0.25) is 0 Å². The second-order valence-electron chi connectivity index (χ2n) is 4.49. The van der Waals surface area contributed by atoms with Gasteiger partial charge in [0.2, 0.25) is 0 Å². The van der Waals surface area contributed by atoms with Crippen molar-refractivity contribution in [2.24, 2.45) is 5.73 Å². The molecule has 0 saturated carbocycles. The summed E-state index contributed by atoms with van der Waals surface area (Å²) in [5.74, 6) is -0.0151. The predicted molar refractivity (Wildman–Crippen MR) is 60.5 cm³/mol. The third-order valence-electron chi connectivity index (χ3n) is 3.08. The topological polar surface area (TPSA) is 74.0 Å². The molecule has 0 radical (unpaired) electrons. The minimum absolute atomic E-state index is 0.0151. The van der Waals surface area contributed by atoms with Gasteiger partial charge in [0.05, 0.1) is 32.5 Å². The van der Waals surface area contributed by atoms with Crippen LogP contribution >= 0.6 is 0 Å². The Bertz CT molecular complexity index is 266. The van der Waals surface area contributed by atoms with Gasteiger partial charge in [0.1, 0.15) is 0 Å². The number of morpholine rings is 1. The molecule has 3 atom stereocenters. The number of hydrogen-bond acceptors (Lipinski definition) is 5. The van der Waals surface area contributed by atoms with E-state index < -0.39 is 6.10 Å². The molecule has 6 heteroatoms. The van der Waals surface area contributed by atoms with E-state index in [-0.39, 0.29) is 18.1 Å². The van der Waals surface area contributed by atoms with Crippen LogP contribution < -0.4 is 5.73 Å². The Morgan fingerprint density at radius 1 is 1.35 bits per heavy atom. The van der Waals surface area contributed by atoms with Crippen LogP contribution in [-0.2, 0) is 19.0 Å². The van der Waals surface area contributed by atoms with E-state index in [4.69, 9.17) is 19.9 Å². The van der Waals surface area contributed by atoms with Gasteiger partial charge in [-0.15, -0.1) is 0 Å². The van der Waals surface area contributed by atoms with Gasteiger partial charge in [-0.2, -0.15) is 0 Å². The molecule has 1 amide bonds. The Balaban J connectivity index is 1.89. The van der Waals surface area contributed by atoms with Crippen LogP contribution in [0.1, 0.15) is 6.92 Å². The Hall–Kier alpha value is -0.690. The fraction of sp³-hybridized carbons (Fsp3) is 0.909. The molecule has 0 aromatic carbocycles. The van der Waals surface area contributed by atoms with Crippen molar-refractivity contribution in [3.63, 3.8) is 0 Å². The van der Waals surface area contributed by atoms with E-state index in [2.05, 4.69) is 0 Å². The number of amides is 1. The Morgan fingerprint density at radius 3 is 2.82 bits per heavy atom. The predicted octanol–water partition coefficient (Wildman–Crippen LogP) is -1.02. The fourth-order valence-corrected chi connectivity index (χ4v) is 2.03. The van der Waals surface area contributed by atoms with Gasteiger partial charge in [-0.1, -0.05) is 0 Å². The first kappa shape index (κ1) is 12.8. The average Bonchev–Trinajstić information content (AvgIpc) is 2.39. The molecule has 2 heterocycles. The summed E-state index contributed by atoms with van der Waals surface area (Å²) in [5.41, 5.74) is 5.79. The lowest BCUT2D eigenvalue weighted by atomic mass is 10.1. The summed E-state index contributed by atoms with van der Waals surface area (Å²) in [4.78, 5) is 13.9. The van der Waals surface area contributed by atoms with Crippen molar-refractivity contribution in [2.75, 3.05) is 39.5 Å². The molecule has 2 fully saturated rings. The van der Waals surface area contributed by atoms with Crippen molar-refractivity contribution in [3.05, 3.63) is 0 Å². The molecule has 2 saturated heterocycles. The van der Waals surface area contributed by atoms with Crippen LogP contribution in [0.25, 0.3) is 0 Å². The molecule has 2 rings (SSSR count). The van der Waals surface area contributed by atoms with E-state index >= 15 is 0 Å². The minimum Gasteiger partial charge on any atom is -0.376 e. The maximum atomic E-state index is 12.1. The SMILES string of the molecule is CC(N)C1CN(C(=O)C2COCCO2)CCO1. The molecule has 0 bridgehead atoms. The van der Waals surface area contributed by atoms with Gasteiger partial charge in [-0.05, 0) is 6.92 Å². The molecule has 3 unspecified atom stereocenters. The van der Waals surface area contributed by atoms with Gasteiger partial charge >= 0.3 is 0 Å². The molecule has 0 aliphatic carbocycles. The van der Waals surface area contributed by atoms with Gasteiger partial charge < -0.3 is 24.8 Å². The number of carbonyl (C=O) groups excluding carboxylic acids is 1. The zero-order valence-corrected chi connectivity index (χ0v) is 10.1. The molecular formula is C11H20N2O4. The highest BCUT2D eigenvalue weighted by Crippen LogP contribution is 2.12. The lowest BCUT2D eigenvalue weighted by molar-refractivity contribution is -0.164. The van der Waals surface area contributed by atoms with Crippen LogP contribution in [-0.4, -0.2) is 68.6 Å². The number of ether oxygens (including phenoxy) is 3. The third-order valence-corrected chi connectivity index (χ3v) is 3.08. The average molecular weight is 244 g/mol. The summed E-state index contributed by atoms with van der Waals surface area (Å²) >= 11 is 0. The van der Waals surface area contributed by atoms with Crippen molar-refractivity contribution in [1.29, 1.82) is 0 Å². The Labute approximate surface area is 101 Å². The molecule has 0 aromatic rings. The van der Waals surface area contributed by atoms with E-state index in [1.54, 1.807) is 4.90 Å². The van der Waals surface area contributed by atoms with Gasteiger partial charge in [-0.3, -0.25) is 4.79 Å². The summed E-state index contributed by atoms with van der Waals surface area (Å²) < 4.78 is 16.2. The Kier molecular flexibility index (Phi) is 4.33. The van der Waals surface area contributed by atoms with Crippen molar-refractivity contribution < 1.29 is 19.0 Å². The highest BCUT2D eigenvalue weighted by atomic mass is 16.6. The summed E-state index contributed by atoms with van der Waals surface area (Å²) in [6, 6.07) is -0.0749. The fourth-order valence-electron chi connectivity index (χ4n) is 2.03. The minimum atomic E-state index is -0.462. The highest BCUT2D eigenvalue weighted by molar-refractivity contribution is 5.81. The zero-order valence-electron chi connectivity index (χ0n) is 10.1. The van der Waals surface area contributed by atoms with Gasteiger partial charge in [0, 0.05) is 19.1 Å². The molecule has 0 aromatic heterocycles. The van der Waals surface area contributed by atoms with Crippen molar-refractivity contribution in [1.82, 2.24) is 4.90 Å². The maximum Gasteiger partial charge on any atom is 0.254 e. The van der Waals surface area contributed by atoms with Gasteiger partial charge in [-0.25, -0.2) is 0 Å². The standard InChI is InChI=1S/C11H20N2O4/c1-8(12)9-6-13(2-3-16-9)11(14)10-7-15-4-5-17-10/h8-10H,2-7,12H2,1H3. The largest absolute Gasteiger partial charge is 0.376 e. The first-order valence-corrected chi connectivity index (χ1v) is 6.04. The van der Waals surface area contributed by atoms with Crippen LogP contribution in [0.4, 0.5) is 0 Å². The zero-order chi connectivity index (χ0) is 12.3. The van der Waals surface area contributed by atoms with Crippen molar-refractivity contribution >= 4 is 5.91 Å². The van der Waals surface area contributed by atoms with E-state index in [1.807, 2.05) is 6.92 Å². The molecule has 0 spiro atoms. The summed E-state index contributed by atoms with van der Waals surface area (Å²) in [6.45, 7) is 4.95. The van der Waals surface area contributed by atoms with Crippen molar-refractivity contribution in [3.8, 4) is 0 Å². The second kappa shape index (κ2) is 5.77. The first-order valence-electron chi connectivity index (χ1n) is 6.04. The van der Waals surface area contributed by atoms with Crippen LogP contribution in [0.3, 0.4) is 0 Å². The van der Waals surface area contributed by atoms with Crippen LogP contribution in [0.5, 0.6) is 0 Å². The number of rotatable bonds is 2. The van der Waals surface area contributed by atoms with Gasteiger partial charge in [0.15, 0.2) is 6.10 Å². The van der Waals surface area contributed by atoms with E-state index in [0.717, 1.165) is 0 Å². The lowest BCUT2D eigenvalue weighted by Gasteiger charge is -2.37. The highest BCUT2D eigenvalue weighted by Gasteiger charge is 2.32. The molecule has 2 aliphatic rings. The smallest absolute Gasteiger partial charge is 0.254 e. The normalized spacial score (nSPS) is 32.2. The van der Waals surface area contributed by atoms with E-state index in [9.17, 15) is 4.79 Å². The molecule has 2 N–H and O–H groups in total. The summed E-state index contributed by atoms with van der Waals surface area (Å²) in [5, 5.41) is 0.